The number of thiophene rings is 1. The molecule has 18 heavy (non-hydrogen) atoms. The van der Waals surface area contributed by atoms with E-state index in [0.29, 0.717) is 12.0 Å². The van der Waals surface area contributed by atoms with Crippen molar-refractivity contribution in [3.63, 3.8) is 0 Å². The van der Waals surface area contributed by atoms with E-state index in [2.05, 4.69) is 50.2 Å². The predicted octanol–water partition coefficient (Wildman–Crippen LogP) is 4.74. The van der Waals surface area contributed by atoms with Crippen molar-refractivity contribution in [1.82, 2.24) is 5.32 Å². The third-order valence-electron chi connectivity index (χ3n) is 3.25. The molecule has 1 aromatic heterocycles. The second-order valence-electron chi connectivity index (χ2n) is 4.68. The zero-order valence-corrected chi connectivity index (χ0v) is 14.5. The fraction of sp³-hybridized carbons (Fsp3) is 0.692. The van der Waals surface area contributed by atoms with Crippen LogP contribution in [-0.4, -0.2) is 19.8 Å². The molecule has 0 radical (unpaired) electrons. The second-order valence-corrected chi connectivity index (χ2v) is 7.94. The summed E-state index contributed by atoms with van der Waals surface area (Å²) in [4.78, 5) is 1.40. The largest absolute Gasteiger partial charge is 0.381 e. The van der Waals surface area contributed by atoms with Crippen molar-refractivity contribution in [2.75, 3.05) is 19.8 Å². The molecule has 1 saturated heterocycles. The Morgan fingerprint density at radius 1 is 1.56 bits per heavy atom. The van der Waals surface area contributed by atoms with Crippen LogP contribution in [0, 0.1) is 5.92 Å². The van der Waals surface area contributed by atoms with E-state index in [4.69, 9.17) is 4.74 Å². The van der Waals surface area contributed by atoms with Gasteiger partial charge in [-0.2, -0.15) is 0 Å². The van der Waals surface area contributed by atoms with Gasteiger partial charge in [0, 0.05) is 27.9 Å². The lowest BCUT2D eigenvalue weighted by Gasteiger charge is -2.30. The Labute approximate surface area is 130 Å². The van der Waals surface area contributed by atoms with Crippen molar-refractivity contribution in [2.45, 2.75) is 32.2 Å². The minimum Gasteiger partial charge on any atom is -0.381 e. The maximum absolute atomic E-state index is 5.64. The van der Waals surface area contributed by atoms with E-state index in [9.17, 15) is 0 Å². The maximum Gasteiger partial charge on any atom is 0.0843 e. The van der Waals surface area contributed by atoms with Crippen LogP contribution in [0.25, 0.3) is 0 Å². The SMILES string of the molecule is CCCNC(c1cc(Br)c(Br)s1)C1CCCOC1. The van der Waals surface area contributed by atoms with Crippen LogP contribution in [-0.2, 0) is 4.74 Å². The van der Waals surface area contributed by atoms with Gasteiger partial charge in [0.25, 0.3) is 0 Å². The van der Waals surface area contributed by atoms with Gasteiger partial charge in [0.15, 0.2) is 0 Å². The first-order valence-electron chi connectivity index (χ1n) is 6.48. The van der Waals surface area contributed by atoms with E-state index in [-0.39, 0.29) is 0 Å². The van der Waals surface area contributed by atoms with E-state index in [0.717, 1.165) is 30.7 Å². The first kappa shape index (κ1) is 15.0. The maximum atomic E-state index is 5.64. The molecule has 5 heteroatoms. The van der Waals surface area contributed by atoms with Crippen molar-refractivity contribution < 1.29 is 4.74 Å². The van der Waals surface area contributed by atoms with E-state index in [1.165, 1.54) is 21.5 Å². The number of hydrogen-bond acceptors (Lipinski definition) is 3. The summed E-state index contributed by atoms with van der Waals surface area (Å²) in [6.07, 6.45) is 3.61. The Bertz CT molecular complexity index is 358. The topological polar surface area (TPSA) is 21.3 Å². The molecule has 1 aliphatic rings. The number of halogens is 2. The summed E-state index contributed by atoms with van der Waals surface area (Å²) >= 11 is 8.99. The second kappa shape index (κ2) is 7.39. The van der Waals surface area contributed by atoms with Crippen LogP contribution in [0.15, 0.2) is 14.3 Å². The average Bonchev–Trinajstić information content (AvgIpc) is 2.71. The van der Waals surface area contributed by atoms with Crippen LogP contribution in [0.3, 0.4) is 0 Å². The van der Waals surface area contributed by atoms with Crippen LogP contribution in [0.2, 0.25) is 0 Å². The molecule has 0 spiro atoms. The van der Waals surface area contributed by atoms with Crippen LogP contribution >= 0.6 is 43.2 Å². The van der Waals surface area contributed by atoms with Gasteiger partial charge >= 0.3 is 0 Å². The number of ether oxygens (including phenoxy) is 1. The Hall–Kier alpha value is 0.580. The lowest BCUT2D eigenvalue weighted by atomic mass is 9.92. The first-order chi connectivity index (χ1) is 8.72. The Morgan fingerprint density at radius 3 is 2.94 bits per heavy atom. The molecule has 1 fully saturated rings. The quantitative estimate of drug-likeness (QED) is 0.775. The van der Waals surface area contributed by atoms with Crippen molar-refractivity contribution in [1.29, 1.82) is 0 Å². The molecule has 1 aliphatic heterocycles. The molecule has 2 rings (SSSR count). The molecular weight excluding hydrogens is 378 g/mol. The lowest BCUT2D eigenvalue weighted by Crippen LogP contribution is -2.33. The zero-order chi connectivity index (χ0) is 13.0. The van der Waals surface area contributed by atoms with Gasteiger partial charge in [-0.1, -0.05) is 6.92 Å². The summed E-state index contributed by atoms with van der Waals surface area (Å²) in [5.41, 5.74) is 0. The average molecular weight is 397 g/mol. The van der Waals surface area contributed by atoms with Crippen molar-refractivity contribution in [3.8, 4) is 0 Å². The zero-order valence-electron chi connectivity index (χ0n) is 10.5. The normalized spacial score (nSPS) is 22.1. The highest BCUT2D eigenvalue weighted by molar-refractivity contribution is 9.13. The molecule has 0 aromatic carbocycles. The third-order valence-corrected chi connectivity index (χ3v) is 6.59. The molecule has 2 unspecified atom stereocenters. The van der Waals surface area contributed by atoms with Crippen LogP contribution in [0.1, 0.15) is 37.1 Å². The van der Waals surface area contributed by atoms with Crippen molar-refractivity contribution in [2.24, 2.45) is 5.92 Å². The smallest absolute Gasteiger partial charge is 0.0843 e. The molecule has 0 saturated carbocycles. The molecule has 0 aliphatic carbocycles. The standard InChI is InChI=1S/C13H19Br2NOS/c1-2-5-16-12(9-4-3-6-17-8-9)11-7-10(14)13(15)18-11/h7,9,12,16H,2-6,8H2,1H3. The molecule has 2 atom stereocenters. The molecule has 1 N–H and O–H groups in total. The molecule has 2 heterocycles. The van der Waals surface area contributed by atoms with E-state index >= 15 is 0 Å². The number of nitrogens with one attached hydrogen (secondary N) is 1. The molecule has 0 bridgehead atoms. The Morgan fingerprint density at radius 2 is 2.39 bits per heavy atom. The fourth-order valence-electron chi connectivity index (χ4n) is 2.34. The molecular formula is C13H19Br2NOS. The van der Waals surface area contributed by atoms with E-state index in [1.54, 1.807) is 0 Å². The summed E-state index contributed by atoms with van der Waals surface area (Å²) in [7, 11) is 0. The van der Waals surface area contributed by atoms with Gasteiger partial charge < -0.3 is 10.1 Å². The van der Waals surface area contributed by atoms with E-state index < -0.39 is 0 Å². The van der Waals surface area contributed by atoms with Gasteiger partial charge in [-0.25, -0.2) is 0 Å². The van der Waals surface area contributed by atoms with Crippen LogP contribution in [0.4, 0.5) is 0 Å². The fourth-order valence-corrected chi connectivity index (χ4v) is 4.60. The Kier molecular flexibility index (Phi) is 6.15. The van der Waals surface area contributed by atoms with Crippen LogP contribution < -0.4 is 5.32 Å². The summed E-state index contributed by atoms with van der Waals surface area (Å²) < 4.78 is 7.98. The van der Waals surface area contributed by atoms with Gasteiger partial charge in [0.05, 0.1) is 10.4 Å². The summed E-state index contributed by atoms with van der Waals surface area (Å²) in [5.74, 6) is 0.600. The summed E-state index contributed by atoms with van der Waals surface area (Å²) in [5, 5.41) is 3.68. The minimum absolute atomic E-state index is 0.429. The van der Waals surface area contributed by atoms with Gasteiger partial charge in [0.2, 0.25) is 0 Å². The van der Waals surface area contributed by atoms with Crippen LogP contribution in [0.5, 0.6) is 0 Å². The Balaban J connectivity index is 2.12. The first-order valence-corrected chi connectivity index (χ1v) is 8.88. The number of hydrogen-bond donors (Lipinski definition) is 1. The predicted molar refractivity (Wildman–Crippen MR) is 84.3 cm³/mol. The highest BCUT2D eigenvalue weighted by atomic mass is 79.9. The van der Waals surface area contributed by atoms with Crippen molar-refractivity contribution in [3.05, 3.63) is 19.2 Å². The third kappa shape index (κ3) is 3.79. The van der Waals surface area contributed by atoms with Gasteiger partial charge in [-0.3, -0.25) is 0 Å². The molecule has 1 aromatic rings. The molecule has 102 valence electrons. The van der Waals surface area contributed by atoms with Gasteiger partial charge in [-0.05, 0) is 63.7 Å². The summed E-state index contributed by atoms with van der Waals surface area (Å²) in [6, 6.07) is 2.66. The molecule has 0 amide bonds. The highest BCUT2D eigenvalue weighted by Gasteiger charge is 2.26. The number of rotatable bonds is 5. The van der Waals surface area contributed by atoms with Gasteiger partial charge in [0.1, 0.15) is 0 Å². The highest BCUT2D eigenvalue weighted by Crippen LogP contribution is 2.39. The van der Waals surface area contributed by atoms with Gasteiger partial charge in [-0.15, -0.1) is 11.3 Å². The van der Waals surface area contributed by atoms with Crippen molar-refractivity contribution >= 4 is 43.2 Å². The molecule has 2 nitrogen and oxygen atoms in total. The monoisotopic (exact) mass is 395 g/mol. The minimum atomic E-state index is 0.429. The lowest BCUT2D eigenvalue weighted by molar-refractivity contribution is 0.0395. The van der Waals surface area contributed by atoms with E-state index in [1.807, 2.05) is 11.3 Å². The summed E-state index contributed by atoms with van der Waals surface area (Å²) in [6.45, 7) is 5.08.